The summed E-state index contributed by atoms with van der Waals surface area (Å²) >= 11 is 6.43. The first-order chi connectivity index (χ1) is 19.2. The molecule has 1 saturated heterocycles. The third kappa shape index (κ3) is 4.11. The van der Waals surface area contributed by atoms with E-state index in [9.17, 15) is 9.59 Å². The summed E-state index contributed by atoms with van der Waals surface area (Å²) < 4.78 is 11.6. The molecule has 2 atom stereocenters. The maximum absolute atomic E-state index is 14.3. The van der Waals surface area contributed by atoms with Gasteiger partial charge in [0.05, 0.1) is 18.9 Å². The molecule has 1 N–H and O–H groups in total. The van der Waals surface area contributed by atoms with Gasteiger partial charge in [-0.3, -0.25) is 9.59 Å². The molecule has 7 nitrogen and oxygen atoms in total. The van der Waals surface area contributed by atoms with Crippen LogP contribution in [-0.2, 0) is 21.7 Å². The van der Waals surface area contributed by atoms with Crippen molar-refractivity contribution < 1.29 is 19.1 Å². The molecule has 8 heteroatoms. The van der Waals surface area contributed by atoms with Crippen LogP contribution in [0.4, 0.5) is 0 Å². The van der Waals surface area contributed by atoms with Crippen molar-refractivity contribution in [1.82, 2.24) is 14.8 Å². The number of hydrogen-bond donors (Lipinski definition) is 1. The van der Waals surface area contributed by atoms with E-state index in [4.69, 9.17) is 21.1 Å². The van der Waals surface area contributed by atoms with E-state index in [-0.39, 0.29) is 36.9 Å². The Morgan fingerprint density at radius 1 is 1.05 bits per heavy atom. The number of carbonyl (C=O) groups is 2. The van der Waals surface area contributed by atoms with Crippen molar-refractivity contribution in [2.75, 3.05) is 20.2 Å². The number of nitrogens with one attached hydrogen (secondary N) is 1. The molecule has 3 heterocycles. The standard InChI is InChI=1S/C32H32ClN3O4/c1-19(2)40-26-14-13-20(15-27(26)39-4)23-17-36-28(37)18-35(16-21-9-5-7-11-24(21)33)31(38)32(36,3)30-29(23)22-10-6-8-12-25(22)34-30/h5-15,19,23,34H,16-18H2,1-4H3/t23-,32+/m1/s1. The number of H-pyrrole nitrogens is 1. The summed E-state index contributed by atoms with van der Waals surface area (Å²) in [7, 11) is 1.63. The Kier molecular flexibility index (Phi) is 6.50. The Hall–Kier alpha value is -3.97. The Balaban J connectivity index is 1.48. The van der Waals surface area contributed by atoms with E-state index in [0.717, 1.165) is 33.3 Å². The van der Waals surface area contributed by atoms with Gasteiger partial charge in [0.1, 0.15) is 6.54 Å². The molecular formula is C32H32ClN3O4. The second-order valence-corrected chi connectivity index (χ2v) is 11.3. The molecule has 0 unspecified atom stereocenters. The quantitative estimate of drug-likeness (QED) is 0.323. The largest absolute Gasteiger partial charge is 0.493 e. The zero-order chi connectivity index (χ0) is 28.2. The third-order valence-electron chi connectivity index (χ3n) is 8.09. The maximum Gasteiger partial charge on any atom is 0.255 e. The fourth-order valence-corrected chi connectivity index (χ4v) is 6.38. The maximum atomic E-state index is 14.3. The van der Waals surface area contributed by atoms with Gasteiger partial charge in [0.15, 0.2) is 17.0 Å². The molecule has 0 spiro atoms. The zero-order valence-electron chi connectivity index (χ0n) is 23.0. The van der Waals surface area contributed by atoms with Crippen LogP contribution >= 0.6 is 11.6 Å². The number of piperazine rings is 1. The number of ether oxygens (including phenoxy) is 2. The highest BCUT2D eigenvalue weighted by Gasteiger charge is 2.56. The van der Waals surface area contributed by atoms with E-state index in [0.29, 0.717) is 23.1 Å². The van der Waals surface area contributed by atoms with Gasteiger partial charge >= 0.3 is 0 Å². The number of aromatic amines is 1. The molecule has 0 saturated carbocycles. The normalized spacial score (nSPS) is 20.6. The number of amides is 2. The Labute approximate surface area is 238 Å². The number of hydrogen-bond acceptors (Lipinski definition) is 4. The molecule has 0 radical (unpaired) electrons. The second-order valence-electron chi connectivity index (χ2n) is 10.9. The SMILES string of the molecule is COc1cc([C@H]2CN3C(=O)CN(Cc4ccccc4Cl)C(=O)[C@]3(C)c3[nH]c4ccccc4c32)ccc1OC(C)C. The van der Waals surface area contributed by atoms with Crippen molar-refractivity contribution in [2.45, 2.75) is 44.9 Å². The van der Waals surface area contributed by atoms with Gasteiger partial charge in [0.2, 0.25) is 5.91 Å². The van der Waals surface area contributed by atoms with E-state index in [1.165, 1.54) is 0 Å². The van der Waals surface area contributed by atoms with Crippen LogP contribution in [0.15, 0.2) is 66.7 Å². The van der Waals surface area contributed by atoms with Crippen LogP contribution in [0.5, 0.6) is 11.5 Å². The predicted octanol–water partition coefficient (Wildman–Crippen LogP) is 5.85. The van der Waals surface area contributed by atoms with E-state index in [1.807, 2.05) is 75.4 Å². The molecule has 206 valence electrons. The molecule has 2 aliphatic heterocycles. The number of carbonyl (C=O) groups excluding carboxylic acids is 2. The van der Waals surface area contributed by atoms with E-state index in [1.54, 1.807) is 23.0 Å². The minimum atomic E-state index is -1.19. The number of rotatable bonds is 6. The molecule has 2 amide bonds. The first-order valence-corrected chi connectivity index (χ1v) is 13.9. The topological polar surface area (TPSA) is 74.9 Å². The highest BCUT2D eigenvalue weighted by Crippen LogP contribution is 2.49. The highest BCUT2D eigenvalue weighted by atomic mass is 35.5. The van der Waals surface area contributed by atoms with Crippen LogP contribution in [0.1, 0.15) is 49.1 Å². The Morgan fingerprint density at radius 3 is 2.55 bits per heavy atom. The number of para-hydroxylation sites is 1. The van der Waals surface area contributed by atoms with Gasteiger partial charge in [0, 0.05) is 34.9 Å². The number of halogens is 1. The summed E-state index contributed by atoms with van der Waals surface area (Å²) in [5, 5.41) is 1.61. The van der Waals surface area contributed by atoms with Gasteiger partial charge < -0.3 is 24.3 Å². The van der Waals surface area contributed by atoms with Crippen molar-refractivity contribution >= 4 is 34.3 Å². The van der Waals surface area contributed by atoms with E-state index in [2.05, 4.69) is 11.1 Å². The Bertz CT molecular complexity index is 1630. The summed E-state index contributed by atoms with van der Waals surface area (Å²) in [6.45, 7) is 6.43. The fraction of sp³-hybridized carbons (Fsp3) is 0.312. The molecule has 6 rings (SSSR count). The van der Waals surface area contributed by atoms with Crippen LogP contribution in [-0.4, -0.2) is 52.9 Å². The summed E-state index contributed by atoms with van der Waals surface area (Å²) in [5.41, 5.74) is 3.30. The Morgan fingerprint density at radius 2 is 1.80 bits per heavy atom. The lowest BCUT2D eigenvalue weighted by Crippen LogP contribution is -2.67. The minimum Gasteiger partial charge on any atom is -0.493 e. The van der Waals surface area contributed by atoms with E-state index < -0.39 is 5.54 Å². The molecule has 0 aliphatic carbocycles. The fourth-order valence-electron chi connectivity index (χ4n) is 6.19. The van der Waals surface area contributed by atoms with Crippen molar-refractivity contribution in [3.05, 3.63) is 94.1 Å². The van der Waals surface area contributed by atoms with Crippen LogP contribution < -0.4 is 9.47 Å². The van der Waals surface area contributed by atoms with E-state index >= 15 is 0 Å². The molecule has 1 aromatic heterocycles. The summed E-state index contributed by atoms with van der Waals surface area (Å²) in [4.78, 5) is 35.0. The summed E-state index contributed by atoms with van der Waals surface area (Å²) in [6.07, 6.45) is 0.000977. The zero-order valence-corrected chi connectivity index (χ0v) is 23.8. The van der Waals surface area contributed by atoms with Crippen molar-refractivity contribution in [3.63, 3.8) is 0 Å². The van der Waals surface area contributed by atoms with Gasteiger partial charge in [-0.2, -0.15) is 0 Å². The number of fused-ring (bicyclic) bond motifs is 5. The van der Waals surface area contributed by atoms with Gasteiger partial charge in [-0.05, 0) is 61.7 Å². The monoisotopic (exact) mass is 557 g/mol. The summed E-state index contributed by atoms with van der Waals surface area (Å²) in [6, 6.07) is 21.4. The average Bonchev–Trinajstić information content (AvgIpc) is 3.34. The lowest BCUT2D eigenvalue weighted by Gasteiger charge is -2.51. The number of aromatic nitrogens is 1. The third-order valence-corrected chi connectivity index (χ3v) is 8.46. The first kappa shape index (κ1) is 26.3. The van der Waals surface area contributed by atoms with Gasteiger partial charge in [-0.15, -0.1) is 0 Å². The number of nitrogens with zero attached hydrogens (tertiary/aromatic N) is 2. The van der Waals surface area contributed by atoms with Crippen LogP contribution in [0, 0.1) is 0 Å². The van der Waals surface area contributed by atoms with Crippen molar-refractivity contribution in [2.24, 2.45) is 0 Å². The molecule has 0 bridgehead atoms. The van der Waals surface area contributed by atoms with Gasteiger partial charge in [-0.25, -0.2) is 0 Å². The minimum absolute atomic E-state index is 0.000977. The molecule has 40 heavy (non-hydrogen) atoms. The number of benzene rings is 3. The second kappa shape index (κ2) is 9.89. The molecule has 2 aliphatic rings. The lowest BCUT2D eigenvalue weighted by atomic mass is 9.76. The smallest absolute Gasteiger partial charge is 0.255 e. The van der Waals surface area contributed by atoms with Crippen LogP contribution in [0.3, 0.4) is 0 Å². The van der Waals surface area contributed by atoms with Gasteiger partial charge in [0.25, 0.3) is 5.91 Å². The average molecular weight is 558 g/mol. The highest BCUT2D eigenvalue weighted by molar-refractivity contribution is 6.31. The molecule has 3 aromatic carbocycles. The lowest BCUT2D eigenvalue weighted by molar-refractivity contribution is -0.166. The number of methoxy groups -OCH3 is 1. The van der Waals surface area contributed by atoms with Crippen LogP contribution in [0.2, 0.25) is 5.02 Å². The van der Waals surface area contributed by atoms with Crippen LogP contribution in [0.25, 0.3) is 10.9 Å². The van der Waals surface area contributed by atoms with Crippen molar-refractivity contribution in [3.8, 4) is 11.5 Å². The predicted molar refractivity (Wildman–Crippen MR) is 155 cm³/mol. The molecule has 4 aromatic rings. The summed E-state index contributed by atoms with van der Waals surface area (Å²) in [5.74, 6) is 0.896. The first-order valence-electron chi connectivity index (χ1n) is 13.5. The molecular weight excluding hydrogens is 526 g/mol. The molecule has 1 fully saturated rings. The van der Waals surface area contributed by atoms with Gasteiger partial charge in [-0.1, -0.05) is 54.1 Å². The van der Waals surface area contributed by atoms with Crippen molar-refractivity contribution in [1.29, 1.82) is 0 Å².